The molecule has 4 rings (SSSR count). The number of aliphatic hydroxyl groups excluding tert-OH is 1. The van der Waals surface area contributed by atoms with Gasteiger partial charge in [0.25, 0.3) is 0 Å². The normalized spacial score (nSPS) is 27.4. The predicted molar refractivity (Wildman–Crippen MR) is 156 cm³/mol. The first-order valence-electron chi connectivity index (χ1n) is 14.8. The van der Waals surface area contributed by atoms with E-state index in [-0.39, 0.29) is 37.4 Å². The van der Waals surface area contributed by atoms with Gasteiger partial charge in [-0.15, -0.1) is 13.2 Å². The average Bonchev–Trinajstić information content (AvgIpc) is 3.61. The van der Waals surface area contributed by atoms with Crippen LogP contribution < -0.4 is 5.32 Å². The van der Waals surface area contributed by atoms with Crippen LogP contribution in [0.4, 0.5) is 0 Å². The van der Waals surface area contributed by atoms with E-state index in [4.69, 9.17) is 9.47 Å². The van der Waals surface area contributed by atoms with Crippen molar-refractivity contribution in [1.29, 1.82) is 0 Å². The predicted octanol–water partition coefficient (Wildman–Crippen LogP) is 2.53. The molecule has 0 saturated carbocycles. The Kier molecular flexibility index (Phi) is 9.89. The summed E-state index contributed by atoms with van der Waals surface area (Å²) in [6, 6.07) is 7.45. The maximum Gasteiger partial charge on any atom is 0.313 e. The van der Waals surface area contributed by atoms with Crippen molar-refractivity contribution in [2.75, 3.05) is 19.7 Å². The summed E-state index contributed by atoms with van der Waals surface area (Å²) in [7, 11) is 0. The largest absolute Gasteiger partial charge is 0.455 e. The third kappa shape index (κ3) is 5.74. The highest BCUT2D eigenvalue weighted by molar-refractivity contribution is 5.98. The van der Waals surface area contributed by atoms with E-state index >= 15 is 0 Å². The van der Waals surface area contributed by atoms with Crippen LogP contribution in [-0.2, 0) is 28.7 Å². The second kappa shape index (κ2) is 13.2. The second-order valence-corrected chi connectivity index (χ2v) is 11.6. The first-order valence-corrected chi connectivity index (χ1v) is 14.8. The van der Waals surface area contributed by atoms with Gasteiger partial charge in [-0.05, 0) is 45.6 Å². The van der Waals surface area contributed by atoms with Crippen LogP contribution in [0, 0.1) is 11.8 Å². The lowest BCUT2D eigenvalue weighted by molar-refractivity contribution is -0.162. The Bertz CT molecular complexity index is 1190. The highest BCUT2D eigenvalue weighted by Gasteiger charge is 2.75. The lowest BCUT2D eigenvalue weighted by Gasteiger charge is -2.38. The van der Waals surface area contributed by atoms with Crippen LogP contribution in [0.2, 0.25) is 0 Å². The summed E-state index contributed by atoms with van der Waals surface area (Å²) >= 11 is 0. The number of allylic oxidation sites excluding steroid dienone is 1. The van der Waals surface area contributed by atoms with E-state index in [9.17, 15) is 24.3 Å². The van der Waals surface area contributed by atoms with Crippen LogP contribution in [0.5, 0.6) is 0 Å². The Hall–Kier alpha value is -3.50. The summed E-state index contributed by atoms with van der Waals surface area (Å²) in [5.41, 5.74) is -0.496. The van der Waals surface area contributed by atoms with Crippen molar-refractivity contribution in [3.63, 3.8) is 0 Å². The second-order valence-electron chi connectivity index (χ2n) is 11.6. The summed E-state index contributed by atoms with van der Waals surface area (Å²) in [5.74, 6) is -3.33. The van der Waals surface area contributed by atoms with Gasteiger partial charge < -0.3 is 29.7 Å². The van der Waals surface area contributed by atoms with Crippen LogP contribution in [0.3, 0.4) is 0 Å². The first-order chi connectivity index (χ1) is 20.1. The standard InChI is InChI=1S/C32H43N3O7/c1-6-8-14-24(37)33-21(5)27(22-12-10-9-11-13-22)41-31(40)25-23-15-16-32(42-23)26(25)29(38)35(18-19-36)28(32)30(39)34(17-7-2)20(3)4/h6-7,9-13,20-21,23,25-28,36H,1-2,8,14-19H2,3-5H3,(H,33,37)/t21-,23-,25+,26+,27-,28-,32+/m1/s1. The minimum atomic E-state index is -1.20. The van der Waals surface area contributed by atoms with Gasteiger partial charge in [0.1, 0.15) is 17.7 Å². The maximum atomic E-state index is 14.0. The summed E-state index contributed by atoms with van der Waals surface area (Å²) in [4.78, 5) is 57.5. The third-order valence-corrected chi connectivity index (χ3v) is 8.67. The minimum Gasteiger partial charge on any atom is -0.455 e. The summed E-state index contributed by atoms with van der Waals surface area (Å²) < 4.78 is 12.6. The number of likely N-dealkylation sites (tertiary alicyclic amines) is 1. The molecule has 2 N–H and O–H groups in total. The van der Waals surface area contributed by atoms with Gasteiger partial charge in [0.05, 0.1) is 30.6 Å². The van der Waals surface area contributed by atoms with Crippen molar-refractivity contribution < 1.29 is 33.8 Å². The van der Waals surface area contributed by atoms with Crippen LogP contribution in [-0.4, -0.2) is 88.1 Å². The fourth-order valence-corrected chi connectivity index (χ4v) is 6.84. The van der Waals surface area contributed by atoms with Gasteiger partial charge in [0.15, 0.2) is 0 Å². The molecule has 3 aliphatic heterocycles. The van der Waals surface area contributed by atoms with Gasteiger partial charge >= 0.3 is 5.97 Å². The van der Waals surface area contributed by atoms with E-state index in [1.807, 2.05) is 44.2 Å². The Labute approximate surface area is 247 Å². The highest BCUT2D eigenvalue weighted by Crippen LogP contribution is 2.59. The van der Waals surface area contributed by atoms with Gasteiger partial charge in [0, 0.05) is 25.6 Å². The first kappa shape index (κ1) is 31.4. The van der Waals surface area contributed by atoms with E-state index in [0.29, 0.717) is 31.4 Å². The molecule has 1 aromatic carbocycles. The molecular weight excluding hydrogens is 538 g/mol. The van der Waals surface area contributed by atoms with Crippen molar-refractivity contribution in [3.05, 3.63) is 61.2 Å². The zero-order valence-electron chi connectivity index (χ0n) is 24.7. The third-order valence-electron chi connectivity index (χ3n) is 8.67. The number of nitrogens with one attached hydrogen (secondary N) is 1. The SMILES string of the molecule is C=CCCC(=O)N[C@H](C)[C@@H](OC(=O)[C@@H]1[C@H]2C(=O)N(CCO)[C@H](C(=O)N(CC=C)C(C)C)[C@]23CC[C@H]1O3)c1ccccc1. The van der Waals surface area contributed by atoms with Crippen LogP contribution in [0.15, 0.2) is 55.6 Å². The Morgan fingerprint density at radius 1 is 1.21 bits per heavy atom. The molecule has 3 aliphatic rings. The molecule has 1 aromatic rings. The van der Waals surface area contributed by atoms with Crippen molar-refractivity contribution in [2.24, 2.45) is 11.8 Å². The number of β-amino-alcohol motifs (C(OH)–C–C–N with tert-alkyl or cyclic N) is 1. The monoisotopic (exact) mass is 581 g/mol. The lowest BCUT2D eigenvalue weighted by atomic mass is 9.70. The van der Waals surface area contributed by atoms with E-state index in [1.54, 1.807) is 24.0 Å². The van der Waals surface area contributed by atoms with Crippen LogP contribution in [0.1, 0.15) is 58.1 Å². The molecular formula is C32H43N3O7. The molecule has 0 unspecified atom stereocenters. The molecule has 1 spiro atoms. The number of nitrogens with zero attached hydrogens (tertiary/aromatic N) is 2. The summed E-state index contributed by atoms with van der Waals surface area (Å²) in [6.45, 7) is 12.9. The topological polar surface area (TPSA) is 125 Å². The zero-order chi connectivity index (χ0) is 30.6. The number of fused-ring (bicyclic) bond motifs is 1. The Balaban J connectivity index is 1.64. The number of carbonyl (C=O) groups excluding carboxylic acids is 4. The number of hydrogen-bond acceptors (Lipinski definition) is 7. The molecule has 3 saturated heterocycles. The van der Waals surface area contributed by atoms with E-state index < -0.39 is 53.6 Å². The molecule has 3 fully saturated rings. The van der Waals surface area contributed by atoms with E-state index in [1.165, 1.54) is 4.90 Å². The van der Waals surface area contributed by atoms with Gasteiger partial charge in [-0.2, -0.15) is 0 Å². The number of carbonyl (C=O) groups is 4. The zero-order valence-corrected chi connectivity index (χ0v) is 24.7. The quantitative estimate of drug-likeness (QED) is 0.256. The molecule has 10 heteroatoms. The number of esters is 1. The summed E-state index contributed by atoms with van der Waals surface area (Å²) in [5, 5.41) is 12.7. The molecule has 228 valence electrons. The highest BCUT2D eigenvalue weighted by atomic mass is 16.6. The maximum absolute atomic E-state index is 14.0. The van der Waals surface area contributed by atoms with Crippen LogP contribution >= 0.6 is 0 Å². The smallest absolute Gasteiger partial charge is 0.313 e. The van der Waals surface area contributed by atoms with Gasteiger partial charge in [-0.25, -0.2) is 0 Å². The lowest BCUT2D eigenvalue weighted by Crippen LogP contribution is -2.57. The number of rotatable bonds is 14. The average molecular weight is 582 g/mol. The Morgan fingerprint density at radius 2 is 1.93 bits per heavy atom. The molecule has 0 aromatic heterocycles. The number of hydrogen-bond donors (Lipinski definition) is 2. The van der Waals surface area contributed by atoms with Crippen molar-refractivity contribution in [3.8, 4) is 0 Å². The summed E-state index contributed by atoms with van der Waals surface area (Å²) in [6.07, 6.45) is 3.61. The van der Waals surface area contributed by atoms with E-state index in [2.05, 4.69) is 18.5 Å². The van der Waals surface area contributed by atoms with Crippen LogP contribution in [0.25, 0.3) is 0 Å². The molecule has 0 aliphatic carbocycles. The number of amides is 3. The fraction of sp³-hybridized carbons (Fsp3) is 0.562. The van der Waals surface area contributed by atoms with Gasteiger partial charge in [-0.3, -0.25) is 19.2 Å². The van der Waals surface area contributed by atoms with Crippen molar-refractivity contribution in [1.82, 2.24) is 15.1 Å². The number of benzene rings is 1. The molecule has 2 bridgehead atoms. The molecule has 7 atom stereocenters. The molecule has 3 heterocycles. The molecule has 3 amide bonds. The van der Waals surface area contributed by atoms with Gasteiger partial charge in [-0.1, -0.05) is 42.5 Å². The Morgan fingerprint density at radius 3 is 2.55 bits per heavy atom. The number of ether oxygens (including phenoxy) is 2. The van der Waals surface area contributed by atoms with Crippen molar-refractivity contribution in [2.45, 2.75) is 82.4 Å². The molecule has 42 heavy (non-hydrogen) atoms. The number of aliphatic hydroxyl groups is 1. The van der Waals surface area contributed by atoms with Gasteiger partial charge in [0.2, 0.25) is 17.7 Å². The van der Waals surface area contributed by atoms with E-state index in [0.717, 1.165) is 0 Å². The minimum absolute atomic E-state index is 0.0519. The van der Waals surface area contributed by atoms with Crippen molar-refractivity contribution >= 4 is 23.7 Å². The molecule has 10 nitrogen and oxygen atoms in total. The fourth-order valence-electron chi connectivity index (χ4n) is 6.84. The molecule has 0 radical (unpaired) electrons.